The molecule has 1 aromatic carbocycles. The van der Waals surface area contributed by atoms with E-state index < -0.39 is 0 Å². The van der Waals surface area contributed by atoms with E-state index in [2.05, 4.69) is 69.9 Å². The molecule has 2 aliphatic heterocycles. The lowest BCUT2D eigenvalue weighted by atomic mass is 10.0. The van der Waals surface area contributed by atoms with Gasteiger partial charge in [0.15, 0.2) is 0 Å². The van der Waals surface area contributed by atoms with Gasteiger partial charge in [0.1, 0.15) is 17.0 Å². The highest BCUT2D eigenvalue weighted by atomic mass is 32.1. The van der Waals surface area contributed by atoms with Crippen molar-refractivity contribution in [3.63, 3.8) is 0 Å². The van der Waals surface area contributed by atoms with Crippen LogP contribution in [0.3, 0.4) is 0 Å². The fourth-order valence-corrected chi connectivity index (χ4v) is 5.67. The van der Waals surface area contributed by atoms with E-state index in [-0.39, 0.29) is 5.54 Å². The molecule has 0 radical (unpaired) electrons. The van der Waals surface area contributed by atoms with Crippen molar-refractivity contribution in [3.05, 3.63) is 42.0 Å². The highest BCUT2D eigenvalue weighted by Gasteiger charge is 2.33. The zero-order valence-corrected chi connectivity index (χ0v) is 18.1. The van der Waals surface area contributed by atoms with Gasteiger partial charge in [-0.25, -0.2) is 15.0 Å². The van der Waals surface area contributed by atoms with E-state index in [9.17, 15) is 0 Å². The molecule has 2 aromatic heterocycles. The summed E-state index contributed by atoms with van der Waals surface area (Å²) in [5, 5.41) is 5.88. The predicted octanol–water partition coefficient (Wildman–Crippen LogP) is 4.56. The van der Waals surface area contributed by atoms with Gasteiger partial charge in [0.05, 0.1) is 5.39 Å². The van der Waals surface area contributed by atoms with Crippen molar-refractivity contribution in [3.8, 4) is 11.1 Å². The molecule has 0 saturated carbocycles. The predicted molar refractivity (Wildman–Crippen MR) is 121 cm³/mol. The lowest BCUT2D eigenvalue weighted by molar-refractivity contribution is 0.0992. The van der Waals surface area contributed by atoms with E-state index in [0.717, 1.165) is 36.8 Å². The van der Waals surface area contributed by atoms with Gasteiger partial charge in [-0.2, -0.15) is 0 Å². The standard InChI is InChI=1S/C23H29N5S/c1-23(2)10-6-11-28(23)26-13-17-9-12-27(14-17)21-20-19(18-7-4-3-5-8-18)15-29-22(20)25-16-24-21/h3-5,7-8,15-17,26H,6,9-14H2,1-2H3. The average molecular weight is 408 g/mol. The molecule has 5 rings (SSSR count). The lowest BCUT2D eigenvalue weighted by Crippen LogP contribution is -2.49. The molecular weight excluding hydrogens is 378 g/mol. The van der Waals surface area contributed by atoms with Gasteiger partial charge < -0.3 is 4.90 Å². The van der Waals surface area contributed by atoms with Gasteiger partial charge in [0.2, 0.25) is 0 Å². The van der Waals surface area contributed by atoms with Gasteiger partial charge in [-0.3, -0.25) is 5.43 Å². The molecule has 2 saturated heterocycles. The van der Waals surface area contributed by atoms with Gasteiger partial charge >= 0.3 is 0 Å². The summed E-state index contributed by atoms with van der Waals surface area (Å²) in [5.41, 5.74) is 6.50. The fourth-order valence-electron chi connectivity index (χ4n) is 4.76. The van der Waals surface area contributed by atoms with Crippen molar-refractivity contribution in [1.29, 1.82) is 0 Å². The summed E-state index contributed by atoms with van der Waals surface area (Å²) >= 11 is 1.71. The minimum Gasteiger partial charge on any atom is -0.356 e. The molecule has 1 unspecified atom stereocenters. The second-order valence-electron chi connectivity index (χ2n) is 8.92. The maximum atomic E-state index is 4.73. The Kier molecular flexibility index (Phi) is 5.02. The topological polar surface area (TPSA) is 44.3 Å². The summed E-state index contributed by atoms with van der Waals surface area (Å²) in [6, 6.07) is 10.6. The van der Waals surface area contributed by atoms with E-state index in [1.165, 1.54) is 35.8 Å². The average Bonchev–Trinajstić information content (AvgIpc) is 3.45. The van der Waals surface area contributed by atoms with Crippen molar-refractivity contribution in [1.82, 2.24) is 20.4 Å². The third-order valence-corrected chi connectivity index (χ3v) is 7.38. The molecule has 5 nitrogen and oxygen atoms in total. The third-order valence-electron chi connectivity index (χ3n) is 6.49. The highest BCUT2D eigenvalue weighted by molar-refractivity contribution is 7.17. The number of nitrogens with one attached hydrogen (secondary N) is 1. The Bertz CT molecular complexity index is 983. The van der Waals surface area contributed by atoms with Gasteiger partial charge in [0, 0.05) is 42.7 Å². The summed E-state index contributed by atoms with van der Waals surface area (Å²) in [4.78, 5) is 12.8. The highest BCUT2D eigenvalue weighted by Crippen LogP contribution is 2.39. The lowest BCUT2D eigenvalue weighted by Gasteiger charge is -2.32. The molecule has 2 aliphatic rings. The molecule has 1 N–H and O–H groups in total. The second kappa shape index (κ2) is 7.67. The quantitative estimate of drug-likeness (QED) is 0.671. The van der Waals surface area contributed by atoms with Crippen molar-refractivity contribution in [2.24, 2.45) is 5.92 Å². The number of rotatable bonds is 5. The van der Waals surface area contributed by atoms with Crippen molar-refractivity contribution < 1.29 is 0 Å². The minimum absolute atomic E-state index is 0.276. The van der Waals surface area contributed by atoms with Crippen molar-refractivity contribution >= 4 is 27.4 Å². The first-order valence-corrected chi connectivity index (χ1v) is 11.5. The van der Waals surface area contributed by atoms with Crippen molar-refractivity contribution in [2.75, 3.05) is 31.1 Å². The van der Waals surface area contributed by atoms with Crippen LogP contribution in [0.5, 0.6) is 0 Å². The Hall–Kier alpha value is -2.02. The number of thiophene rings is 1. The Morgan fingerprint density at radius 1 is 1.17 bits per heavy atom. The van der Waals surface area contributed by atoms with Gasteiger partial charge in [-0.05, 0) is 44.6 Å². The summed E-state index contributed by atoms with van der Waals surface area (Å²) in [5.74, 6) is 1.74. The van der Waals surface area contributed by atoms with Crippen LogP contribution in [-0.4, -0.2) is 46.7 Å². The zero-order chi connectivity index (χ0) is 19.8. The molecule has 1 atom stereocenters. The molecule has 0 spiro atoms. The first kappa shape index (κ1) is 19.0. The molecule has 0 bridgehead atoms. The number of hydrogen-bond acceptors (Lipinski definition) is 6. The molecule has 0 amide bonds. The molecule has 6 heteroatoms. The van der Waals surface area contributed by atoms with Crippen LogP contribution in [0.15, 0.2) is 42.0 Å². The van der Waals surface area contributed by atoms with Gasteiger partial charge in [-0.1, -0.05) is 30.3 Å². The van der Waals surface area contributed by atoms with E-state index in [0.29, 0.717) is 5.92 Å². The first-order valence-electron chi connectivity index (χ1n) is 10.7. The van der Waals surface area contributed by atoms with Gasteiger partial charge in [-0.15, -0.1) is 11.3 Å². The van der Waals surface area contributed by atoms with Crippen LogP contribution in [0, 0.1) is 5.92 Å². The molecule has 3 aromatic rings. The summed E-state index contributed by atoms with van der Waals surface area (Å²) in [7, 11) is 0. The molecule has 4 heterocycles. The third kappa shape index (κ3) is 3.65. The van der Waals surface area contributed by atoms with Crippen LogP contribution in [0.1, 0.15) is 33.1 Å². The fraction of sp³-hybridized carbons (Fsp3) is 0.478. The Morgan fingerprint density at radius 3 is 2.83 bits per heavy atom. The van der Waals surface area contributed by atoms with Crippen molar-refractivity contribution in [2.45, 2.75) is 38.6 Å². The van der Waals surface area contributed by atoms with Crippen LogP contribution in [-0.2, 0) is 0 Å². The number of fused-ring (bicyclic) bond motifs is 1. The zero-order valence-electron chi connectivity index (χ0n) is 17.3. The van der Waals surface area contributed by atoms with E-state index in [1.807, 2.05) is 0 Å². The monoisotopic (exact) mass is 407 g/mol. The summed E-state index contributed by atoms with van der Waals surface area (Å²) < 4.78 is 0. The largest absolute Gasteiger partial charge is 0.356 e. The van der Waals surface area contributed by atoms with Crippen LogP contribution < -0.4 is 10.3 Å². The van der Waals surface area contributed by atoms with Crippen LogP contribution in [0.4, 0.5) is 5.82 Å². The summed E-state index contributed by atoms with van der Waals surface area (Å²) in [6.07, 6.45) is 5.49. The smallest absolute Gasteiger partial charge is 0.141 e. The minimum atomic E-state index is 0.276. The molecule has 0 aliphatic carbocycles. The maximum absolute atomic E-state index is 4.73. The van der Waals surface area contributed by atoms with Crippen LogP contribution in [0.2, 0.25) is 0 Å². The molecule has 29 heavy (non-hydrogen) atoms. The Balaban J connectivity index is 1.35. The number of benzene rings is 1. The van der Waals surface area contributed by atoms with Crippen LogP contribution in [0.25, 0.3) is 21.3 Å². The van der Waals surface area contributed by atoms with Gasteiger partial charge in [0.25, 0.3) is 0 Å². The number of anilines is 1. The summed E-state index contributed by atoms with van der Waals surface area (Å²) in [6.45, 7) is 9.00. The van der Waals surface area contributed by atoms with E-state index in [1.54, 1.807) is 17.7 Å². The number of aromatic nitrogens is 2. The Morgan fingerprint density at radius 2 is 2.03 bits per heavy atom. The Labute approximate surface area is 176 Å². The van der Waals surface area contributed by atoms with E-state index >= 15 is 0 Å². The first-order chi connectivity index (χ1) is 14.1. The SMILES string of the molecule is CC1(C)CCCN1NCC1CCN(c2ncnc3scc(-c4ccccc4)c23)C1. The number of nitrogens with zero attached hydrogens (tertiary/aromatic N) is 4. The maximum Gasteiger partial charge on any atom is 0.141 e. The normalized spacial score (nSPS) is 22.0. The molecule has 152 valence electrons. The van der Waals surface area contributed by atoms with E-state index in [4.69, 9.17) is 4.98 Å². The second-order valence-corrected chi connectivity index (χ2v) is 9.78. The number of hydrogen-bond donors (Lipinski definition) is 1. The van der Waals surface area contributed by atoms with Crippen LogP contribution >= 0.6 is 11.3 Å². The molecule has 2 fully saturated rings. The molecular formula is C23H29N5S. The number of hydrazine groups is 1.